The topological polar surface area (TPSA) is 29.1 Å². The number of nitrogens with one attached hydrogen (secondary N) is 1. The van der Waals surface area contributed by atoms with E-state index in [1.54, 1.807) is 0 Å². The first-order chi connectivity index (χ1) is 8.07. The molecule has 1 aromatic carbocycles. The molecule has 0 bridgehead atoms. The van der Waals surface area contributed by atoms with Gasteiger partial charge in [0.2, 0.25) is 0 Å². The lowest BCUT2D eigenvalue weighted by Gasteiger charge is -2.05. The second-order valence-electron chi connectivity index (χ2n) is 3.29. The summed E-state index contributed by atoms with van der Waals surface area (Å²) in [5.41, 5.74) is -0.524. The summed E-state index contributed by atoms with van der Waals surface area (Å²) in [5, 5.41) is 2.36. The molecule has 1 amide bonds. The zero-order valence-corrected chi connectivity index (χ0v) is 8.90. The van der Waals surface area contributed by atoms with Gasteiger partial charge in [0.05, 0.1) is 5.56 Å². The van der Waals surface area contributed by atoms with Crippen molar-refractivity contribution in [3.63, 3.8) is 0 Å². The summed E-state index contributed by atoms with van der Waals surface area (Å²) in [5.74, 6) is -2.88. The molecule has 0 saturated carbocycles. The van der Waals surface area contributed by atoms with E-state index < -0.39 is 28.9 Å². The lowest BCUT2D eigenvalue weighted by Crippen LogP contribution is -2.25. The maximum absolute atomic E-state index is 13.2. The second-order valence-corrected chi connectivity index (χ2v) is 3.29. The van der Waals surface area contributed by atoms with Crippen LogP contribution in [0.2, 0.25) is 0 Å². The van der Waals surface area contributed by atoms with Crippen LogP contribution < -0.4 is 5.32 Å². The normalized spacial score (nSPS) is 9.76. The van der Waals surface area contributed by atoms with Gasteiger partial charge in [0.25, 0.3) is 5.91 Å². The van der Waals surface area contributed by atoms with E-state index in [0.717, 1.165) is 6.07 Å². The molecule has 0 aliphatic heterocycles. The third kappa shape index (κ3) is 3.25. The van der Waals surface area contributed by atoms with E-state index in [0.29, 0.717) is 18.9 Å². The zero-order valence-electron chi connectivity index (χ0n) is 8.90. The molecule has 0 radical (unpaired) electrons. The summed E-state index contributed by atoms with van der Waals surface area (Å²) in [6.45, 7) is 0.251. The van der Waals surface area contributed by atoms with Gasteiger partial charge in [-0.05, 0) is 18.6 Å². The molecule has 1 rings (SSSR count). The van der Waals surface area contributed by atoms with Crippen molar-refractivity contribution >= 4 is 5.91 Å². The highest BCUT2D eigenvalue weighted by Crippen LogP contribution is 2.14. The highest BCUT2D eigenvalue weighted by atomic mass is 19.2. The summed E-state index contributed by atoms with van der Waals surface area (Å²) in [6.07, 6.45) is 6.01. The third-order valence-electron chi connectivity index (χ3n) is 2.06. The molecule has 0 spiro atoms. The van der Waals surface area contributed by atoms with Crippen LogP contribution in [-0.4, -0.2) is 12.5 Å². The van der Waals surface area contributed by atoms with Crippen molar-refractivity contribution < 1.29 is 18.0 Å². The molecule has 17 heavy (non-hydrogen) atoms. The Labute approximate surface area is 96.8 Å². The van der Waals surface area contributed by atoms with Crippen LogP contribution in [0.1, 0.15) is 23.2 Å². The van der Waals surface area contributed by atoms with E-state index in [9.17, 15) is 18.0 Å². The minimum atomic E-state index is -1.65. The molecule has 0 aliphatic carbocycles. The predicted octanol–water partition coefficient (Wildman–Crippen LogP) is 2.25. The molecule has 1 aromatic rings. The molecule has 90 valence electrons. The Hall–Kier alpha value is -1.96. The quantitative estimate of drug-likeness (QED) is 0.489. The smallest absolute Gasteiger partial charge is 0.254 e. The van der Waals surface area contributed by atoms with Gasteiger partial charge in [-0.1, -0.05) is 0 Å². The average molecular weight is 241 g/mol. The van der Waals surface area contributed by atoms with Gasteiger partial charge in [0.1, 0.15) is 0 Å². The number of terminal acetylenes is 1. The molecular weight excluding hydrogens is 231 g/mol. The van der Waals surface area contributed by atoms with E-state index in [1.807, 2.05) is 0 Å². The Balaban J connectivity index is 2.70. The van der Waals surface area contributed by atoms with Crippen molar-refractivity contribution in [2.75, 3.05) is 6.54 Å². The van der Waals surface area contributed by atoms with Gasteiger partial charge in [-0.3, -0.25) is 4.79 Å². The average Bonchev–Trinajstić information content (AvgIpc) is 2.31. The molecule has 2 nitrogen and oxygen atoms in total. The standard InChI is InChI=1S/C12H10F3NO/c1-2-3-4-7-16-12(17)8-5-6-9(13)11(15)10(8)14/h1,5-6H,3-4,7H2,(H,16,17). The van der Waals surface area contributed by atoms with Crippen LogP contribution in [0.4, 0.5) is 13.2 Å². The van der Waals surface area contributed by atoms with Crippen molar-refractivity contribution in [3.8, 4) is 12.3 Å². The second kappa shape index (κ2) is 5.94. The molecule has 0 atom stereocenters. The van der Waals surface area contributed by atoms with Gasteiger partial charge in [-0.15, -0.1) is 12.3 Å². The molecular formula is C12H10F3NO. The fraction of sp³-hybridized carbons (Fsp3) is 0.250. The minimum Gasteiger partial charge on any atom is -0.352 e. The number of amides is 1. The van der Waals surface area contributed by atoms with Crippen LogP contribution in [0, 0.1) is 29.8 Å². The summed E-state index contributed by atoms with van der Waals surface area (Å²) in [7, 11) is 0. The number of hydrogen-bond donors (Lipinski definition) is 1. The Morgan fingerprint density at radius 1 is 1.29 bits per heavy atom. The first kappa shape index (κ1) is 13.1. The maximum Gasteiger partial charge on any atom is 0.254 e. The molecule has 0 saturated heterocycles. The van der Waals surface area contributed by atoms with E-state index in [2.05, 4.69) is 11.2 Å². The summed E-state index contributed by atoms with van der Waals surface area (Å²) in [4.78, 5) is 11.4. The lowest BCUT2D eigenvalue weighted by molar-refractivity contribution is 0.0948. The molecule has 0 aromatic heterocycles. The van der Waals surface area contributed by atoms with E-state index in [-0.39, 0.29) is 6.54 Å². The number of benzene rings is 1. The number of halogens is 3. The number of rotatable bonds is 4. The van der Waals surface area contributed by atoms with Gasteiger partial charge in [0, 0.05) is 13.0 Å². The van der Waals surface area contributed by atoms with Gasteiger partial charge < -0.3 is 5.32 Å². The van der Waals surface area contributed by atoms with Crippen LogP contribution in [0.5, 0.6) is 0 Å². The first-order valence-electron chi connectivity index (χ1n) is 4.93. The van der Waals surface area contributed by atoms with Gasteiger partial charge in [-0.2, -0.15) is 0 Å². The molecule has 0 fully saturated rings. The van der Waals surface area contributed by atoms with Gasteiger partial charge in [-0.25, -0.2) is 13.2 Å². The molecule has 5 heteroatoms. The zero-order chi connectivity index (χ0) is 12.8. The van der Waals surface area contributed by atoms with Crippen molar-refractivity contribution in [2.45, 2.75) is 12.8 Å². The van der Waals surface area contributed by atoms with Crippen LogP contribution in [0.25, 0.3) is 0 Å². The van der Waals surface area contributed by atoms with Gasteiger partial charge >= 0.3 is 0 Å². The Morgan fingerprint density at radius 2 is 2.00 bits per heavy atom. The number of hydrogen-bond acceptors (Lipinski definition) is 1. The van der Waals surface area contributed by atoms with Crippen molar-refractivity contribution in [2.24, 2.45) is 0 Å². The fourth-order valence-electron chi connectivity index (χ4n) is 1.19. The van der Waals surface area contributed by atoms with E-state index in [4.69, 9.17) is 6.42 Å². The minimum absolute atomic E-state index is 0.251. The lowest BCUT2D eigenvalue weighted by atomic mass is 10.2. The predicted molar refractivity (Wildman–Crippen MR) is 56.7 cm³/mol. The highest BCUT2D eigenvalue weighted by molar-refractivity contribution is 5.94. The van der Waals surface area contributed by atoms with E-state index in [1.165, 1.54) is 0 Å². The first-order valence-corrected chi connectivity index (χ1v) is 4.93. The van der Waals surface area contributed by atoms with Crippen molar-refractivity contribution in [1.82, 2.24) is 5.32 Å². The van der Waals surface area contributed by atoms with Crippen molar-refractivity contribution in [1.29, 1.82) is 0 Å². The van der Waals surface area contributed by atoms with E-state index >= 15 is 0 Å². The van der Waals surface area contributed by atoms with Crippen molar-refractivity contribution in [3.05, 3.63) is 35.1 Å². The Kier molecular flexibility index (Phi) is 4.58. The Morgan fingerprint density at radius 3 is 2.65 bits per heavy atom. The number of carbonyl (C=O) groups is 1. The summed E-state index contributed by atoms with van der Waals surface area (Å²) >= 11 is 0. The number of carbonyl (C=O) groups excluding carboxylic acids is 1. The fourth-order valence-corrected chi connectivity index (χ4v) is 1.19. The molecule has 0 aliphatic rings. The maximum atomic E-state index is 13.2. The Bertz CT molecular complexity index is 466. The van der Waals surface area contributed by atoms with Gasteiger partial charge in [0.15, 0.2) is 17.5 Å². The largest absolute Gasteiger partial charge is 0.352 e. The van der Waals surface area contributed by atoms with Crippen LogP contribution in [0.3, 0.4) is 0 Å². The molecule has 0 heterocycles. The summed E-state index contributed by atoms with van der Waals surface area (Å²) in [6, 6.07) is 1.60. The van der Waals surface area contributed by atoms with Crippen LogP contribution in [0.15, 0.2) is 12.1 Å². The summed E-state index contributed by atoms with van der Waals surface area (Å²) < 4.78 is 38.6. The van der Waals surface area contributed by atoms with Crippen LogP contribution in [-0.2, 0) is 0 Å². The highest BCUT2D eigenvalue weighted by Gasteiger charge is 2.18. The molecule has 1 N–H and O–H groups in total. The molecule has 0 unspecified atom stereocenters. The monoisotopic (exact) mass is 241 g/mol. The SMILES string of the molecule is C#CCCCNC(=O)c1ccc(F)c(F)c1F. The third-order valence-corrected chi connectivity index (χ3v) is 2.06. The number of unbranched alkanes of at least 4 members (excludes halogenated alkanes) is 1. The van der Waals surface area contributed by atoms with Crippen LogP contribution >= 0.6 is 0 Å².